The van der Waals surface area contributed by atoms with Gasteiger partial charge in [0.25, 0.3) is 0 Å². The maximum Gasteiger partial charge on any atom is 0.136 e. The first-order valence-electron chi connectivity index (χ1n) is 6.21. The quantitative estimate of drug-likeness (QED) is 0.810. The Balaban J connectivity index is 1.87. The van der Waals surface area contributed by atoms with Crippen LogP contribution in [0.15, 0.2) is 24.3 Å². The zero-order valence-corrected chi connectivity index (χ0v) is 9.51. The molecule has 0 radical (unpaired) electrons. The molecule has 0 bridgehead atoms. The van der Waals surface area contributed by atoms with Crippen molar-refractivity contribution < 1.29 is 4.39 Å². The molecule has 0 unspecified atom stereocenters. The van der Waals surface area contributed by atoms with Crippen LogP contribution in [0, 0.1) is 0 Å². The third-order valence-corrected chi connectivity index (χ3v) is 4.16. The van der Waals surface area contributed by atoms with Gasteiger partial charge in [-0.3, -0.25) is 0 Å². The average molecular weight is 219 g/mol. The lowest BCUT2D eigenvalue weighted by atomic mass is 9.92. The highest BCUT2D eigenvalue weighted by molar-refractivity contribution is 5.34. The van der Waals surface area contributed by atoms with E-state index >= 15 is 0 Å². The second-order valence-electron chi connectivity index (χ2n) is 5.41. The van der Waals surface area contributed by atoms with E-state index in [2.05, 4.69) is 0 Å². The summed E-state index contributed by atoms with van der Waals surface area (Å²) in [5.74, 6) is 0. The van der Waals surface area contributed by atoms with Crippen molar-refractivity contribution in [2.75, 3.05) is 0 Å². The summed E-state index contributed by atoms with van der Waals surface area (Å²) in [6.45, 7) is 0. The number of rotatable bonds is 2. The number of hydrogen-bond acceptors (Lipinski definition) is 1. The molecule has 0 heterocycles. The predicted octanol–water partition coefficient (Wildman–Crippen LogP) is 3.37. The summed E-state index contributed by atoms with van der Waals surface area (Å²) in [4.78, 5) is 0. The van der Waals surface area contributed by atoms with Crippen LogP contribution in [-0.4, -0.2) is 0 Å². The molecule has 86 valence electrons. The van der Waals surface area contributed by atoms with E-state index in [4.69, 9.17) is 5.73 Å². The van der Waals surface area contributed by atoms with Crippen LogP contribution in [0.5, 0.6) is 0 Å². The molecule has 0 saturated heterocycles. The molecule has 2 saturated carbocycles. The lowest BCUT2D eigenvalue weighted by Gasteiger charge is -2.20. The van der Waals surface area contributed by atoms with Crippen LogP contribution in [0.1, 0.15) is 49.7 Å². The first kappa shape index (κ1) is 10.3. The highest BCUT2D eigenvalue weighted by Gasteiger charge is 2.40. The highest BCUT2D eigenvalue weighted by Crippen LogP contribution is 2.45. The lowest BCUT2D eigenvalue weighted by molar-refractivity contribution is 0.175. The summed E-state index contributed by atoms with van der Waals surface area (Å²) in [5.41, 5.74) is 6.96. The minimum Gasteiger partial charge on any atom is -0.321 e. The van der Waals surface area contributed by atoms with Crippen LogP contribution in [0.25, 0.3) is 0 Å². The van der Waals surface area contributed by atoms with Gasteiger partial charge in [0.2, 0.25) is 0 Å². The van der Waals surface area contributed by atoms with Gasteiger partial charge in [-0.25, -0.2) is 4.39 Å². The SMILES string of the molecule is NC1(c2ccc(C3(F)CCCC3)cc2)CC1. The molecule has 16 heavy (non-hydrogen) atoms. The van der Waals surface area contributed by atoms with Crippen molar-refractivity contribution in [3.63, 3.8) is 0 Å². The summed E-state index contributed by atoms with van der Waals surface area (Å²) < 4.78 is 14.5. The van der Waals surface area contributed by atoms with Gasteiger partial charge >= 0.3 is 0 Å². The van der Waals surface area contributed by atoms with Gasteiger partial charge in [0.15, 0.2) is 0 Å². The normalized spacial score (nSPS) is 25.6. The van der Waals surface area contributed by atoms with Gasteiger partial charge < -0.3 is 5.73 Å². The Hall–Kier alpha value is -0.890. The first-order chi connectivity index (χ1) is 7.62. The van der Waals surface area contributed by atoms with Crippen molar-refractivity contribution in [2.45, 2.75) is 49.7 Å². The Bertz CT molecular complexity index is 386. The van der Waals surface area contributed by atoms with Crippen molar-refractivity contribution in [1.29, 1.82) is 0 Å². The Kier molecular flexibility index (Phi) is 2.12. The van der Waals surface area contributed by atoms with E-state index in [0.29, 0.717) is 12.8 Å². The molecule has 2 N–H and O–H groups in total. The first-order valence-corrected chi connectivity index (χ1v) is 6.21. The number of hydrogen-bond donors (Lipinski definition) is 1. The molecule has 3 rings (SSSR count). The van der Waals surface area contributed by atoms with Crippen molar-refractivity contribution >= 4 is 0 Å². The summed E-state index contributed by atoms with van der Waals surface area (Å²) in [5, 5.41) is 0. The Morgan fingerprint density at radius 2 is 1.38 bits per heavy atom. The number of benzene rings is 1. The fourth-order valence-electron chi connectivity index (χ4n) is 2.75. The van der Waals surface area contributed by atoms with E-state index in [0.717, 1.165) is 36.8 Å². The summed E-state index contributed by atoms with van der Waals surface area (Å²) in [6.07, 6.45) is 5.51. The summed E-state index contributed by atoms with van der Waals surface area (Å²) in [6, 6.07) is 7.91. The molecule has 2 heteroatoms. The Morgan fingerprint density at radius 3 is 1.88 bits per heavy atom. The Labute approximate surface area is 95.8 Å². The molecule has 1 nitrogen and oxygen atoms in total. The smallest absolute Gasteiger partial charge is 0.136 e. The lowest BCUT2D eigenvalue weighted by Crippen LogP contribution is -2.19. The fraction of sp³-hybridized carbons (Fsp3) is 0.571. The van der Waals surface area contributed by atoms with Crippen LogP contribution in [0.4, 0.5) is 4.39 Å². The van der Waals surface area contributed by atoms with Crippen LogP contribution in [0.2, 0.25) is 0 Å². The van der Waals surface area contributed by atoms with Gasteiger partial charge in [-0.15, -0.1) is 0 Å². The van der Waals surface area contributed by atoms with Crippen molar-refractivity contribution in [2.24, 2.45) is 5.73 Å². The van der Waals surface area contributed by atoms with Crippen LogP contribution >= 0.6 is 0 Å². The third-order valence-electron chi connectivity index (χ3n) is 4.16. The third kappa shape index (κ3) is 1.56. The number of halogens is 1. The average Bonchev–Trinajstić information content (AvgIpc) is 2.89. The standard InChI is InChI=1S/C14H18FN/c15-13(7-1-2-8-13)11-3-5-12(6-4-11)14(16)9-10-14/h3-6H,1-2,7-10,16H2. The van der Waals surface area contributed by atoms with Gasteiger partial charge in [0.05, 0.1) is 0 Å². The number of alkyl halides is 1. The molecular formula is C14H18FN. The minimum atomic E-state index is -1.07. The Morgan fingerprint density at radius 1 is 0.875 bits per heavy atom. The topological polar surface area (TPSA) is 26.0 Å². The van der Waals surface area contributed by atoms with E-state index in [-0.39, 0.29) is 5.54 Å². The molecule has 0 atom stereocenters. The van der Waals surface area contributed by atoms with Gasteiger partial charge in [-0.2, -0.15) is 0 Å². The second kappa shape index (κ2) is 3.30. The maximum atomic E-state index is 14.5. The zero-order chi connectivity index (χ0) is 11.2. The van der Waals surface area contributed by atoms with Crippen molar-refractivity contribution in [1.82, 2.24) is 0 Å². The van der Waals surface area contributed by atoms with E-state index in [1.165, 1.54) is 0 Å². The highest BCUT2D eigenvalue weighted by atomic mass is 19.1. The summed E-state index contributed by atoms with van der Waals surface area (Å²) >= 11 is 0. The molecule has 0 amide bonds. The summed E-state index contributed by atoms with van der Waals surface area (Å²) in [7, 11) is 0. The predicted molar refractivity (Wildman–Crippen MR) is 62.8 cm³/mol. The van der Waals surface area contributed by atoms with Crippen molar-refractivity contribution in [3.8, 4) is 0 Å². The van der Waals surface area contributed by atoms with E-state index in [1.807, 2.05) is 24.3 Å². The van der Waals surface area contributed by atoms with E-state index in [9.17, 15) is 4.39 Å². The minimum absolute atomic E-state index is 0.0995. The zero-order valence-electron chi connectivity index (χ0n) is 9.51. The molecule has 0 aromatic heterocycles. The van der Waals surface area contributed by atoms with Gasteiger partial charge in [-0.05, 0) is 49.7 Å². The maximum absolute atomic E-state index is 14.5. The molecule has 1 aromatic carbocycles. The molecule has 1 aromatic rings. The van der Waals surface area contributed by atoms with Gasteiger partial charge in [-0.1, -0.05) is 24.3 Å². The molecule has 2 aliphatic carbocycles. The molecule has 0 aliphatic heterocycles. The fourth-order valence-corrected chi connectivity index (χ4v) is 2.75. The van der Waals surface area contributed by atoms with Gasteiger partial charge in [0.1, 0.15) is 5.67 Å². The molecule has 2 aliphatic rings. The second-order valence-corrected chi connectivity index (χ2v) is 5.41. The van der Waals surface area contributed by atoms with Gasteiger partial charge in [0, 0.05) is 5.54 Å². The van der Waals surface area contributed by atoms with E-state index < -0.39 is 5.67 Å². The van der Waals surface area contributed by atoms with E-state index in [1.54, 1.807) is 0 Å². The molecule has 2 fully saturated rings. The van der Waals surface area contributed by atoms with Crippen LogP contribution < -0.4 is 5.73 Å². The largest absolute Gasteiger partial charge is 0.321 e. The van der Waals surface area contributed by atoms with Crippen molar-refractivity contribution in [3.05, 3.63) is 35.4 Å². The van der Waals surface area contributed by atoms with Crippen LogP contribution in [0.3, 0.4) is 0 Å². The molecular weight excluding hydrogens is 201 g/mol. The molecule has 0 spiro atoms. The number of nitrogens with two attached hydrogens (primary N) is 1. The van der Waals surface area contributed by atoms with Crippen LogP contribution in [-0.2, 0) is 11.2 Å². The monoisotopic (exact) mass is 219 g/mol.